The van der Waals surface area contributed by atoms with Crippen LogP contribution in [0.2, 0.25) is 5.02 Å². The van der Waals surface area contributed by atoms with Crippen molar-refractivity contribution in [3.05, 3.63) is 130 Å². The SMILES string of the molecule is CC(COc1cc(F)c(CO)c(S(C)(=O)=O)c1)CN(Cc1cccc(C(F)(F)F)c1Cl)CC(c1ccccc1)c1ccccc1. The van der Waals surface area contributed by atoms with Crippen LogP contribution < -0.4 is 4.74 Å². The molecule has 1 unspecified atom stereocenters. The standard InChI is InChI=1S/C34H34ClF4NO4S/c1-23(22-44-27-16-31(36)29(21-41)32(17-27)45(2,42)43)18-40(19-26-14-9-15-30(33(26)35)34(37,38)39)20-28(24-10-5-3-6-11-24)25-12-7-4-8-13-25/h3-17,23,28,41H,18-22H2,1-2H3. The van der Waals surface area contributed by atoms with Crippen molar-refractivity contribution in [2.24, 2.45) is 5.92 Å². The average Bonchev–Trinajstić information content (AvgIpc) is 2.99. The van der Waals surface area contributed by atoms with E-state index in [1.807, 2.05) is 72.5 Å². The molecule has 0 fully saturated rings. The van der Waals surface area contributed by atoms with E-state index in [-0.39, 0.29) is 46.2 Å². The zero-order valence-electron chi connectivity index (χ0n) is 24.8. The van der Waals surface area contributed by atoms with E-state index in [1.54, 1.807) is 6.07 Å². The lowest BCUT2D eigenvalue weighted by atomic mass is 9.90. The molecule has 240 valence electrons. The molecule has 0 saturated carbocycles. The summed E-state index contributed by atoms with van der Waals surface area (Å²) in [6.07, 6.45) is -3.69. The van der Waals surface area contributed by atoms with Crippen molar-refractivity contribution in [2.45, 2.75) is 37.1 Å². The summed E-state index contributed by atoms with van der Waals surface area (Å²) >= 11 is 6.30. The van der Waals surface area contributed by atoms with E-state index in [9.17, 15) is 31.1 Å². The van der Waals surface area contributed by atoms with Crippen LogP contribution in [0.15, 0.2) is 95.9 Å². The van der Waals surface area contributed by atoms with E-state index in [0.717, 1.165) is 29.5 Å². The fourth-order valence-corrected chi connectivity index (χ4v) is 6.52. The second-order valence-corrected chi connectivity index (χ2v) is 13.4. The van der Waals surface area contributed by atoms with Gasteiger partial charge in [0.25, 0.3) is 0 Å². The van der Waals surface area contributed by atoms with Crippen LogP contribution in [-0.2, 0) is 29.2 Å². The van der Waals surface area contributed by atoms with E-state index in [2.05, 4.69) is 0 Å². The number of rotatable bonds is 13. The molecule has 0 radical (unpaired) electrons. The van der Waals surface area contributed by atoms with Crippen molar-refractivity contribution >= 4 is 21.4 Å². The van der Waals surface area contributed by atoms with Gasteiger partial charge in [-0.2, -0.15) is 13.2 Å². The van der Waals surface area contributed by atoms with Crippen LogP contribution in [0.25, 0.3) is 0 Å². The van der Waals surface area contributed by atoms with Gasteiger partial charge in [0.15, 0.2) is 9.84 Å². The summed E-state index contributed by atoms with van der Waals surface area (Å²) in [6, 6.07) is 25.6. The molecule has 4 aromatic carbocycles. The van der Waals surface area contributed by atoms with Crippen LogP contribution in [0.3, 0.4) is 0 Å². The number of alkyl halides is 3. The Morgan fingerprint density at radius 1 is 0.911 bits per heavy atom. The van der Waals surface area contributed by atoms with Gasteiger partial charge in [0, 0.05) is 49.4 Å². The molecule has 1 atom stereocenters. The van der Waals surface area contributed by atoms with Gasteiger partial charge in [0.05, 0.1) is 28.7 Å². The highest BCUT2D eigenvalue weighted by Gasteiger charge is 2.34. The lowest BCUT2D eigenvalue weighted by molar-refractivity contribution is -0.137. The summed E-state index contributed by atoms with van der Waals surface area (Å²) in [5.74, 6) is -1.28. The molecule has 11 heteroatoms. The van der Waals surface area contributed by atoms with E-state index in [1.165, 1.54) is 12.1 Å². The quantitative estimate of drug-likeness (QED) is 0.148. The van der Waals surface area contributed by atoms with Crippen molar-refractivity contribution in [1.82, 2.24) is 4.90 Å². The smallest absolute Gasteiger partial charge is 0.417 e. The maximum Gasteiger partial charge on any atom is 0.417 e. The zero-order valence-corrected chi connectivity index (χ0v) is 26.3. The molecular formula is C34H34ClF4NO4S. The normalized spacial score (nSPS) is 12.9. The van der Waals surface area contributed by atoms with Gasteiger partial charge >= 0.3 is 6.18 Å². The first-order valence-electron chi connectivity index (χ1n) is 14.2. The summed E-state index contributed by atoms with van der Waals surface area (Å²) in [6.45, 7) is 2.04. The van der Waals surface area contributed by atoms with Gasteiger partial charge < -0.3 is 9.84 Å². The zero-order chi connectivity index (χ0) is 32.8. The Balaban J connectivity index is 1.63. The molecule has 45 heavy (non-hydrogen) atoms. The summed E-state index contributed by atoms with van der Waals surface area (Å²) < 4.78 is 85.9. The van der Waals surface area contributed by atoms with Crippen LogP contribution in [0, 0.1) is 11.7 Å². The van der Waals surface area contributed by atoms with Crippen molar-refractivity contribution in [3.8, 4) is 5.75 Å². The van der Waals surface area contributed by atoms with Crippen LogP contribution in [0.4, 0.5) is 17.6 Å². The molecule has 4 aromatic rings. The Morgan fingerprint density at radius 3 is 2.04 bits per heavy atom. The second-order valence-electron chi connectivity index (χ2n) is 11.1. The summed E-state index contributed by atoms with van der Waals surface area (Å²) in [5.41, 5.74) is 1.13. The molecule has 0 aliphatic heterocycles. The average molecular weight is 664 g/mol. The Morgan fingerprint density at radius 2 is 1.51 bits per heavy atom. The van der Waals surface area contributed by atoms with Gasteiger partial charge in [-0.1, -0.05) is 91.3 Å². The number of hydrogen-bond acceptors (Lipinski definition) is 5. The number of sulfone groups is 1. The minimum atomic E-state index is -4.61. The maximum atomic E-state index is 14.6. The lowest BCUT2D eigenvalue weighted by Gasteiger charge is -2.31. The number of aliphatic hydroxyl groups excluding tert-OH is 1. The van der Waals surface area contributed by atoms with Crippen LogP contribution in [0.5, 0.6) is 5.75 Å². The minimum Gasteiger partial charge on any atom is -0.493 e. The number of aliphatic hydroxyl groups is 1. The largest absolute Gasteiger partial charge is 0.493 e. The molecule has 0 spiro atoms. The van der Waals surface area contributed by atoms with Gasteiger partial charge in [-0.3, -0.25) is 4.90 Å². The molecular weight excluding hydrogens is 630 g/mol. The fraction of sp³-hybridized carbons (Fsp3) is 0.294. The highest BCUT2D eigenvalue weighted by atomic mass is 35.5. The third kappa shape index (κ3) is 9.07. The third-order valence-electron chi connectivity index (χ3n) is 7.41. The van der Waals surface area contributed by atoms with Gasteiger partial charge in [0.2, 0.25) is 0 Å². The Hall–Kier alpha value is -3.44. The first kappa shape index (κ1) is 34.4. The third-order valence-corrected chi connectivity index (χ3v) is 9.02. The van der Waals surface area contributed by atoms with Crippen molar-refractivity contribution < 1.29 is 35.8 Å². The Labute approximate surface area is 266 Å². The van der Waals surface area contributed by atoms with E-state index < -0.39 is 34.0 Å². The fourth-order valence-electron chi connectivity index (χ4n) is 5.28. The van der Waals surface area contributed by atoms with E-state index in [4.69, 9.17) is 16.3 Å². The highest BCUT2D eigenvalue weighted by Crippen LogP contribution is 2.37. The van der Waals surface area contributed by atoms with Gasteiger partial charge in [0.1, 0.15) is 11.6 Å². The number of nitrogens with zero attached hydrogens (tertiary/aromatic N) is 1. The summed E-state index contributed by atoms with van der Waals surface area (Å²) in [7, 11) is -3.85. The molecule has 0 amide bonds. The number of hydrogen-bond donors (Lipinski definition) is 1. The first-order valence-corrected chi connectivity index (χ1v) is 16.5. The molecule has 0 aliphatic carbocycles. The van der Waals surface area contributed by atoms with Gasteiger partial charge in [-0.15, -0.1) is 0 Å². The van der Waals surface area contributed by atoms with E-state index >= 15 is 0 Å². The van der Waals surface area contributed by atoms with Crippen LogP contribution >= 0.6 is 11.6 Å². The van der Waals surface area contributed by atoms with Crippen molar-refractivity contribution in [2.75, 3.05) is 26.0 Å². The summed E-state index contributed by atoms with van der Waals surface area (Å²) in [4.78, 5) is 1.65. The predicted molar refractivity (Wildman–Crippen MR) is 167 cm³/mol. The number of ether oxygens (including phenoxy) is 1. The number of halogens is 5. The first-order chi connectivity index (χ1) is 21.3. The predicted octanol–water partition coefficient (Wildman–Crippen LogP) is 7.74. The Kier molecular flexibility index (Phi) is 11.3. The Bertz CT molecular complexity index is 1650. The highest BCUT2D eigenvalue weighted by molar-refractivity contribution is 7.90. The topological polar surface area (TPSA) is 66.8 Å². The second kappa shape index (κ2) is 14.8. The van der Waals surface area contributed by atoms with Crippen LogP contribution in [0.1, 0.15) is 40.7 Å². The molecule has 0 aliphatic rings. The lowest BCUT2D eigenvalue weighted by Crippen LogP contribution is -2.34. The van der Waals surface area contributed by atoms with E-state index in [0.29, 0.717) is 18.7 Å². The molecule has 0 bridgehead atoms. The maximum absolute atomic E-state index is 14.6. The van der Waals surface area contributed by atoms with Gasteiger partial charge in [-0.05, 0) is 28.8 Å². The van der Waals surface area contributed by atoms with Gasteiger partial charge in [-0.25, -0.2) is 12.8 Å². The van der Waals surface area contributed by atoms with Crippen molar-refractivity contribution in [3.63, 3.8) is 0 Å². The molecule has 0 saturated heterocycles. The van der Waals surface area contributed by atoms with Crippen LogP contribution in [-0.4, -0.2) is 44.4 Å². The molecule has 0 heterocycles. The monoisotopic (exact) mass is 663 g/mol. The summed E-state index contributed by atoms with van der Waals surface area (Å²) in [5, 5.41) is 9.13. The molecule has 4 rings (SSSR count). The molecule has 0 aromatic heterocycles. The number of benzene rings is 4. The minimum absolute atomic E-state index is 0.0177. The molecule has 1 N–H and O–H groups in total. The van der Waals surface area contributed by atoms with Crippen molar-refractivity contribution in [1.29, 1.82) is 0 Å². The molecule has 5 nitrogen and oxygen atoms in total.